The average molecular weight is 359 g/mol. The Morgan fingerprint density at radius 1 is 1.20 bits per heavy atom. The van der Waals surface area contributed by atoms with Gasteiger partial charge in [0.1, 0.15) is 10.7 Å². The Morgan fingerprint density at radius 2 is 1.80 bits per heavy atom. The molecule has 3 N–H and O–H groups in total. The highest BCUT2D eigenvalue weighted by Crippen LogP contribution is 2.27. The minimum absolute atomic E-state index is 0.0379. The van der Waals surface area contributed by atoms with Crippen molar-refractivity contribution in [1.82, 2.24) is 0 Å². The lowest BCUT2D eigenvalue weighted by Crippen LogP contribution is -2.15. The molecular weight excluding hydrogens is 347 g/mol. The summed E-state index contributed by atoms with van der Waals surface area (Å²) < 4.78 is 40.2. The zero-order valence-electron chi connectivity index (χ0n) is 10.5. The normalized spacial score (nSPS) is 11.3. The predicted molar refractivity (Wildman–Crippen MR) is 80.5 cm³/mol. The summed E-state index contributed by atoms with van der Waals surface area (Å²) in [5, 5.41) is 0. The van der Waals surface area contributed by atoms with Crippen LogP contribution in [0.2, 0.25) is 0 Å². The van der Waals surface area contributed by atoms with Crippen LogP contribution in [0, 0.1) is 12.7 Å². The molecule has 0 aromatic heterocycles. The number of hydrogen-bond acceptors (Lipinski definition) is 3. The summed E-state index contributed by atoms with van der Waals surface area (Å²) in [5.41, 5.74) is 6.85. The van der Waals surface area contributed by atoms with Crippen molar-refractivity contribution >= 4 is 37.3 Å². The maximum absolute atomic E-state index is 13.3. The standard InChI is InChI=1S/C13H12BrFN2O2S/c1-8-2-4-9(5-3-8)17-20(18,19)13-6-10(14)11(15)7-12(13)16/h2-7,17H,16H2,1H3. The van der Waals surface area contributed by atoms with Gasteiger partial charge in [0.2, 0.25) is 0 Å². The second-order valence-corrected chi connectivity index (χ2v) is 6.78. The van der Waals surface area contributed by atoms with Gasteiger partial charge < -0.3 is 5.73 Å². The highest BCUT2D eigenvalue weighted by molar-refractivity contribution is 9.10. The van der Waals surface area contributed by atoms with E-state index in [-0.39, 0.29) is 15.1 Å². The van der Waals surface area contributed by atoms with E-state index in [0.717, 1.165) is 17.7 Å². The molecule has 0 spiro atoms. The van der Waals surface area contributed by atoms with E-state index in [0.29, 0.717) is 5.69 Å². The van der Waals surface area contributed by atoms with Crippen LogP contribution < -0.4 is 10.5 Å². The number of nitrogens with one attached hydrogen (secondary N) is 1. The number of halogens is 2. The molecule has 4 nitrogen and oxygen atoms in total. The molecule has 0 atom stereocenters. The van der Waals surface area contributed by atoms with Crippen molar-refractivity contribution in [2.75, 3.05) is 10.5 Å². The summed E-state index contributed by atoms with van der Waals surface area (Å²) >= 11 is 2.94. The van der Waals surface area contributed by atoms with Crippen LogP contribution in [-0.2, 0) is 10.0 Å². The molecule has 0 saturated carbocycles. The van der Waals surface area contributed by atoms with Crippen molar-refractivity contribution in [1.29, 1.82) is 0 Å². The number of rotatable bonds is 3. The molecule has 2 aromatic carbocycles. The third-order valence-corrected chi connectivity index (χ3v) is 4.69. The van der Waals surface area contributed by atoms with Crippen LogP contribution in [0.3, 0.4) is 0 Å². The molecule has 0 saturated heterocycles. The van der Waals surface area contributed by atoms with Gasteiger partial charge in [0.05, 0.1) is 10.2 Å². The molecule has 0 heterocycles. The van der Waals surface area contributed by atoms with Crippen molar-refractivity contribution in [2.45, 2.75) is 11.8 Å². The molecule has 0 fully saturated rings. The number of anilines is 2. The van der Waals surface area contributed by atoms with E-state index in [1.54, 1.807) is 24.3 Å². The lowest BCUT2D eigenvalue weighted by molar-refractivity contribution is 0.599. The van der Waals surface area contributed by atoms with Crippen molar-refractivity contribution in [3.8, 4) is 0 Å². The minimum Gasteiger partial charge on any atom is -0.398 e. The first-order chi connectivity index (χ1) is 9.29. The maximum Gasteiger partial charge on any atom is 0.263 e. The van der Waals surface area contributed by atoms with Gasteiger partial charge in [-0.3, -0.25) is 4.72 Å². The molecule has 0 radical (unpaired) electrons. The fraction of sp³-hybridized carbons (Fsp3) is 0.0769. The Morgan fingerprint density at radius 3 is 2.40 bits per heavy atom. The number of sulfonamides is 1. The number of nitrogen functional groups attached to an aromatic ring is 1. The second kappa shape index (κ2) is 5.41. The topological polar surface area (TPSA) is 72.2 Å². The summed E-state index contributed by atoms with van der Waals surface area (Å²) in [6.07, 6.45) is 0. The molecule has 106 valence electrons. The van der Waals surface area contributed by atoms with E-state index >= 15 is 0 Å². The fourth-order valence-electron chi connectivity index (χ4n) is 1.61. The third kappa shape index (κ3) is 3.10. The first-order valence-electron chi connectivity index (χ1n) is 5.63. The molecule has 7 heteroatoms. The van der Waals surface area contributed by atoms with Gasteiger partial charge in [-0.05, 0) is 47.1 Å². The molecule has 0 bridgehead atoms. The van der Waals surface area contributed by atoms with Crippen LogP contribution in [0.4, 0.5) is 15.8 Å². The van der Waals surface area contributed by atoms with Gasteiger partial charge in [-0.15, -0.1) is 0 Å². The zero-order chi connectivity index (χ0) is 14.9. The molecule has 0 aliphatic rings. The van der Waals surface area contributed by atoms with E-state index in [1.807, 2.05) is 6.92 Å². The van der Waals surface area contributed by atoms with Gasteiger partial charge >= 0.3 is 0 Å². The van der Waals surface area contributed by atoms with Gasteiger partial charge in [0, 0.05) is 5.69 Å². The molecule has 2 rings (SSSR count). The summed E-state index contributed by atoms with van der Waals surface area (Å²) in [6.45, 7) is 1.90. The maximum atomic E-state index is 13.3. The van der Waals surface area contributed by atoms with Crippen LogP contribution in [0.1, 0.15) is 5.56 Å². The largest absolute Gasteiger partial charge is 0.398 e. The Hall–Kier alpha value is -1.60. The summed E-state index contributed by atoms with van der Waals surface area (Å²) in [6, 6.07) is 8.95. The fourth-order valence-corrected chi connectivity index (χ4v) is 3.30. The number of aryl methyl sites for hydroxylation is 1. The van der Waals surface area contributed by atoms with Gasteiger partial charge in [0.25, 0.3) is 10.0 Å². The Kier molecular flexibility index (Phi) is 4.01. The average Bonchev–Trinajstić information content (AvgIpc) is 2.36. The van der Waals surface area contributed by atoms with E-state index in [9.17, 15) is 12.8 Å². The van der Waals surface area contributed by atoms with E-state index in [1.165, 1.54) is 0 Å². The molecule has 0 aliphatic carbocycles. The van der Waals surface area contributed by atoms with Gasteiger partial charge in [-0.2, -0.15) is 0 Å². The quantitative estimate of drug-likeness (QED) is 0.827. The van der Waals surface area contributed by atoms with Crippen molar-refractivity contribution < 1.29 is 12.8 Å². The van der Waals surface area contributed by atoms with E-state index in [4.69, 9.17) is 5.73 Å². The first kappa shape index (κ1) is 14.8. The van der Waals surface area contributed by atoms with Crippen LogP contribution in [0.5, 0.6) is 0 Å². The van der Waals surface area contributed by atoms with Gasteiger partial charge in [-0.25, -0.2) is 12.8 Å². The summed E-state index contributed by atoms with van der Waals surface area (Å²) in [4.78, 5) is -0.175. The first-order valence-corrected chi connectivity index (χ1v) is 7.91. The Balaban J connectivity index is 2.40. The lowest BCUT2D eigenvalue weighted by Gasteiger charge is -2.11. The van der Waals surface area contributed by atoms with Crippen LogP contribution in [0.25, 0.3) is 0 Å². The molecule has 0 amide bonds. The SMILES string of the molecule is Cc1ccc(NS(=O)(=O)c2cc(Br)c(F)cc2N)cc1. The molecular formula is C13H12BrFN2O2S. The molecule has 0 aliphatic heterocycles. The van der Waals surface area contributed by atoms with Gasteiger partial charge in [0.15, 0.2) is 0 Å². The van der Waals surface area contributed by atoms with Crippen LogP contribution in [-0.4, -0.2) is 8.42 Å². The van der Waals surface area contributed by atoms with E-state index in [2.05, 4.69) is 20.7 Å². The monoisotopic (exact) mass is 358 g/mol. The number of nitrogens with two attached hydrogens (primary N) is 1. The van der Waals surface area contributed by atoms with Crippen molar-refractivity contribution in [3.63, 3.8) is 0 Å². The Labute approximate surface area is 125 Å². The number of benzene rings is 2. The molecule has 0 unspecified atom stereocenters. The van der Waals surface area contributed by atoms with E-state index < -0.39 is 15.8 Å². The number of hydrogen-bond donors (Lipinski definition) is 2. The van der Waals surface area contributed by atoms with Crippen LogP contribution >= 0.6 is 15.9 Å². The predicted octanol–water partition coefficient (Wildman–Crippen LogP) is 3.28. The lowest BCUT2D eigenvalue weighted by atomic mass is 10.2. The van der Waals surface area contributed by atoms with Crippen molar-refractivity contribution in [3.05, 3.63) is 52.3 Å². The summed E-state index contributed by atoms with van der Waals surface area (Å²) in [5.74, 6) is -0.614. The molecule has 2 aromatic rings. The minimum atomic E-state index is -3.87. The highest BCUT2D eigenvalue weighted by Gasteiger charge is 2.19. The Bertz CT molecular complexity index is 746. The van der Waals surface area contributed by atoms with Crippen molar-refractivity contribution in [2.24, 2.45) is 0 Å². The molecule has 20 heavy (non-hydrogen) atoms. The highest BCUT2D eigenvalue weighted by atomic mass is 79.9. The second-order valence-electron chi connectivity index (χ2n) is 4.28. The van der Waals surface area contributed by atoms with Gasteiger partial charge in [-0.1, -0.05) is 17.7 Å². The zero-order valence-corrected chi connectivity index (χ0v) is 12.9. The van der Waals surface area contributed by atoms with Crippen LogP contribution in [0.15, 0.2) is 45.8 Å². The summed E-state index contributed by atoms with van der Waals surface area (Å²) in [7, 11) is -3.87. The smallest absolute Gasteiger partial charge is 0.263 e. The third-order valence-electron chi connectivity index (χ3n) is 2.65.